The second-order valence-electron chi connectivity index (χ2n) is 5.11. The number of nitrogens with one attached hydrogen (secondary N) is 2. The number of carbonyl (C=O) groups is 1. The molecule has 1 amide bonds. The van der Waals surface area contributed by atoms with E-state index in [1.807, 2.05) is 0 Å². The predicted molar refractivity (Wildman–Crippen MR) is 79.3 cm³/mol. The third-order valence-electron chi connectivity index (χ3n) is 3.29. The molecule has 3 rings (SSSR count). The summed E-state index contributed by atoms with van der Waals surface area (Å²) in [5.74, 6) is -1.12. The first-order valence-electron chi connectivity index (χ1n) is 7.04. The molecule has 3 aromatic rings. The number of nitrogens with zero attached hydrogens (tertiary/aromatic N) is 3. The van der Waals surface area contributed by atoms with Gasteiger partial charge in [-0.05, 0) is 6.07 Å². The van der Waals surface area contributed by atoms with E-state index in [1.54, 1.807) is 23.3 Å². The smallest absolute Gasteiger partial charge is 0.304 e. The summed E-state index contributed by atoms with van der Waals surface area (Å²) in [5, 5.41) is 11.4. The van der Waals surface area contributed by atoms with Crippen LogP contribution in [0, 0.1) is 5.82 Å². The highest BCUT2D eigenvalue weighted by molar-refractivity contribution is 6.02. The van der Waals surface area contributed by atoms with Crippen LogP contribution < -0.4 is 5.32 Å². The molecule has 0 radical (unpaired) electrons. The van der Waals surface area contributed by atoms with E-state index >= 15 is 0 Å². The van der Waals surface area contributed by atoms with Gasteiger partial charge in [-0.15, -0.1) is 0 Å². The van der Waals surface area contributed by atoms with Crippen LogP contribution in [0.4, 0.5) is 23.4 Å². The fourth-order valence-electron chi connectivity index (χ4n) is 2.08. The monoisotopic (exact) mass is 353 g/mol. The number of benzene rings is 1. The van der Waals surface area contributed by atoms with Crippen LogP contribution in [0.5, 0.6) is 0 Å². The molecule has 0 unspecified atom stereocenters. The summed E-state index contributed by atoms with van der Waals surface area (Å²) < 4.78 is 52.4. The van der Waals surface area contributed by atoms with E-state index in [0.29, 0.717) is 11.6 Å². The van der Waals surface area contributed by atoms with E-state index in [0.717, 1.165) is 0 Å². The highest BCUT2D eigenvalue weighted by Gasteiger charge is 2.33. The lowest BCUT2D eigenvalue weighted by molar-refractivity contribution is -0.141. The molecule has 130 valence electrons. The van der Waals surface area contributed by atoms with Crippen LogP contribution in [-0.2, 0) is 12.7 Å². The highest BCUT2D eigenvalue weighted by Crippen LogP contribution is 2.27. The summed E-state index contributed by atoms with van der Waals surface area (Å²) in [4.78, 5) is 11.9. The normalized spacial score (nSPS) is 11.5. The van der Waals surface area contributed by atoms with E-state index in [2.05, 4.69) is 15.5 Å². The van der Waals surface area contributed by atoms with Gasteiger partial charge in [0.05, 0.1) is 6.54 Å². The number of hydrogen-bond donors (Lipinski definition) is 2. The minimum absolute atomic E-state index is 0.109. The number of rotatable bonds is 4. The molecule has 0 saturated heterocycles. The van der Waals surface area contributed by atoms with Crippen molar-refractivity contribution < 1.29 is 22.4 Å². The molecule has 0 aliphatic carbocycles. The first kappa shape index (κ1) is 16.7. The Labute approximate surface area is 138 Å². The molecular weight excluding hydrogens is 342 g/mol. The molecule has 25 heavy (non-hydrogen) atoms. The number of alkyl halides is 3. The van der Waals surface area contributed by atoms with Crippen molar-refractivity contribution in [3.8, 4) is 0 Å². The number of hydrogen-bond acceptors (Lipinski definition) is 3. The van der Waals surface area contributed by atoms with Crippen LogP contribution in [0.3, 0.4) is 0 Å². The average molecular weight is 353 g/mol. The second-order valence-corrected chi connectivity index (χ2v) is 5.11. The minimum Gasteiger partial charge on any atom is -0.304 e. The summed E-state index contributed by atoms with van der Waals surface area (Å²) in [6, 6.07) is 8.20. The molecule has 2 aromatic heterocycles. The minimum atomic E-state index is -4.62. The molecule has 6 nitrogen and oxygen atoms in total. The highest BCUT2D eigenvalue weighted by atomic mass is 19.4. The Hall–Kier alpha value is -3.17. The van der Waals surface area contributed by atoms with Crippen molar-refractivity contribution in [3.63, 3.8) is 0 Å². The summed E-state index contributed by atoms with van der Waals surface area (Å²) in [6.07, 6.45) is -3.11. The van der Waals surface area contributed by atoms with Gasteiger partial charge in [0.1, 0.15) is 11.5 Å². The van der Waals surface area contributed by atoms with E-state index in [4.69, 9.17) is 0 Å². The Balaban J connectivity index is 1.68. The molecule has 0 aliphatic heterocycles. The Kier molecular flexibility index (Phi) is 4.26. The number of carbonyl (C=O) groups excluding carboxylic acids is 1. The van der Waals surface area contributed by atoms with E-state index in [-0.39, 0.29) is 18.2 Å². The summed E-state index contributed by atoms with van der Waals surface area (Å²) in [7, 11) is 0. The quantitative estimate of drug-likeness (QED) is 0.708. The fraction of sp³-hybridized carbons (Fsp3) is 0.133. The lowest BCUT2D eigenvalue weighted by Gasteiger charge is -2.03. The van der Waals surface area contributed by atoms with Crippen LogP contribution >= 0.6 is 0 Å². The van der Waals surface area contributed by atoms with Crippen molar-refractivity contribution in [1.29, 1.82) is 0 Å². The number of amides is 1. The molecule has 10 heteroatoms. The number of halogens is 4. The molecule has 0 atom stereocenters. The van der Waals surface area contributed by atoms with Crippen LogP contribution in [0.2, 0.25) is 0 Å². The third-order valence-corrected chi connectivity index (χ3v) is 3.29. The van der Waals surface area contributed by atoms with E-state index in [9.17, 15) is 22.4 Å². The fourth-order valence-corrected chi connectivity index (χ4v) is 2.08. The summed E-state index contributed by atoms with van der Waals surface area (Å²) in [5.41, 5.74) is -1.13. The van der Waals surface area contributed by atoms with E-state index < -0.39 is 23.5 Å². The van der Waals surface area contributed by atoms with Crippen molar-refractivity contribution in [2.45, 2.75) is 12.7 Å². The molecule has 0 bridgehead atoms. The maximum absolute atomic E-state index is 13.6. The van der Waals surface area contributed by atoms with Gasteiger partial charge >= 0.3 is 6.18 Å². The number of aromatic amines is 1. The number of H-pyrrole nitrogens is 1. The van der Waals surface area contributed by atoms with Crippen LogP contribution in [0.25, 0.3) is 0 Å². The topological polar surface area (TPSA) is 75.6 Å². The predicted octanol–water partition coefficient (Wildman–Crippen LogP) is 3.06. The van der Waals surface area contributed by atoms with Gasteiger partial charge in [0.15, 0.2) is 11.5 Å². The van der Waals surface area contributed by atoms with Gasteiger partial charge < -0.3 is 5.32 Å². The first-order chi connectivity index (χ1) is 11.8. The SMILES string of the molecule is O=C(Nc1ccn(Cc2ccccc2F)n1)c1cc(C(F)(F)F)[nH]n1. The number of aromatic nitrogens is 4. The standard InChI is InChI=1S/C15H11F4N5O/c16-10-4-2-1-3-9(10)8-24-6-5-13(23-24)20-14(25)11-7-12(22-21-11)15(17,18)19/h1-7H,8H2,(H,21,22)(H,20,23,25). The molecule has 2 heterocycles. The molecule has 0 spiro atoms. The molecular formula is C15H11F4N5O. The van der Waals surface area contributed by atoms with E-state index in [1.165, 1.54) is 23.0 Å². The van der Waals surface area contributed by atoms with Crippen molar-refractivity contribution in [1.82, 2.24) is 20.0 Å². The molecule has 0 aliphatic rings. The molecule has 0 saturated carbocycles. The zero-order valence-electron chi connectivity index (χ0n) is 12.5. The zero-order chi connectivity index (χ0) is 18.0. The second kappa shape index (κ2) is 6.38. The van der Waals surface area contributed by atoms with Gasteiger partial charge in [0, 0.05) is 23.9 Å². The number of anilines is 1. The third kappa shape index (κ3) is 3.84. The Morgan fingerprint density at radius 3 is 2.68 bits per heavy atom. The molecule has 2 N–H and O–H groups in total. The summed E-state index contributed by atoms with van der Waals surface area (Å²) in [6.45, 7) is 0.142. The Morgan fingerprint density at radius 1 is 1.24 bits per heavy atom. The van der Waals surface area contributed by atoms with Gasteiger partial charge in [0.2, 0.25) is 0 Å². The molecule has 0 fully saturated rings. The van der Waals surface area contributed by atoms with Crippen molar-refractivity contribution in [2.75, 3.05) is 5.32 Å². The van der Waals surface area contributed by atoms with Crippen molar-refractivity contribution in [2.24, 2.45) is 0 Å². The van der Waals surface area contributed by atoms with Crippen molar-refractivity contribution >= 4 is 11.7 Å². The van der Waals surface area contributed by atoms with Gasteiger partial charge in [-0.1, -0.05) is 18.2 Å². The van der Waals surface area contributed by atoms with Gasteiger partial charge in [-0.3, -0.25) is 14.6 Å². The first-order valence-corrected chi connectivity index (χ1v) is 7.04. The lowest BCUT2D eigenvalue weighted by Crippen LogP contribution is -2.13. The van der Waals surface area contributed by atoms with Crippen molar-refractivity contribution in [3.05, 3.63) is 65.4 Å². The maximum atomic E-state index is 13.6. The van der Waals surface area contributed by atoms with Gasteiger partial charge in [-0.25, -0.2) is 4.39 Å². The Bertz CT molecular complexity index is 899. The lowest BCUT2D eigenvalue weighted by atomic mass is 10.2. The van der Waals surface area contributed by atoms with Gasteiger partial charge in [-0.2, -0.15) is 23.4 Å². The largest absolute Gasteiger partial charge is 0.432 e. The zero-order valence-corrected chi connectivity index (χ0v) is 12.5. The average Bonchev–Trinajstić information content (AvgIpc) is 3.18. The Morgan fingerprint density at radius 2 is 2.00 bits per heavy atom. The summed E-state index contributed by atoms with van der Waals surface area (Å²) >= 11 is 0. The van der Waals surface area contributed by atoms with Crippen LogP contribution in [0.15, 0.2) is 42.6 Å². The van der Waals surface area contributed by atoms with Gasteiger partial charge in [0.25, 0.3) is 5.91 Å². The molecule has 1 aromatic carbocycles. The van der Waals surface area contributed by atoms with Crippen LogP contribution in [-0.4, -0.2) is 25.9 Å². The van der Waals surface area contributed by atoms with Crippen LogP contribution in [0.1, 0.15) is 21.7 Å². The maximum Gasteiger partial charge on any atom is 0.432 e.